The predicted molar refractivity (Wildman–Crippen MR) is 119 cm³/mol. The van der Waals surface area contributed by atoms with Crippen molar-refractivity contribution in [2.75, 3.05) is 19.7 Å². The zero-order valence-electron chi connectivity index (χ0n) is 18.7. The van der Waals surface area contributed by atoms with Gasteiger partial charge in [-0.25, -0.2) is 15.0 Å². The van der Waals surface area contributed by atoms with Crippen molar-refractivity contribution in [2.45, 2.75) is 25.6 Å². The third kappa shape index (κ3) is 6.01. The van der Waals surface area contributed by atoms with Crippen molar-refractivity contribution in [1.29, 1.82) is 0 Å². The van der Waals surface area contributed by atoms with Crippen LogP contribution in [0.3, 0.4) is 0 Å². The lowest BCUT2D eigenvalue weighted by Crippen LogP contribution is -2.55. The molecule has 0 bridgehead atoms. The average molecular weight is 488 g/mol. The number of ether oxygens (including phenoxy) is 2. The molecular formula is C23H23F3N6O3. The molecule has 184 valence electrons. The fourth-order valence-corrected chi connectivity index (χ4v) is 3.67. The van der Waals surface area contributed by atoms with Crippen LogP contribution in [-0.4, -0.2) is 57.8 Å². The van der Waals surface area contributed by atoms with Crippen molar-refractivity contribution >= 4 is 5.91 Å². The third-order valence-corrected chi connectivity index (χ3v) is 5.35. The Morgan fingerprint density at radius 3 is 2.74 bits per heavy atom. The lowest BCUT2D eigenvalue weighted by molar-refractivity contribution is -0.186. The molecule has 0 aliphatic carbocycles. The van der Waals surface area contributed by atoms with Gasteiger partial charge >= 0.3 is 6.18 Å². The number of amides is 1. The Morgan fingerprint density at radius 1 is 1.20 bits per heavy atom. The number of hydrogen-bond donors (Lipinski definition) is 2. The van der Waals surface area contributed by atoms with Crippen LogP contribution in [0.4, 0.5) is 13.2 Å². The molecule has 2 N–H and O–H groups in total. The van der Waals surface area contributed by atoms with Gasteiger partial charge in [0.25, 0.3) is 11.8 Å². The summed E-state index contributed by atoms with van der Waals surface area (Å²) in [6.07, 6.45) is 2.61. The minimum Gasteiger partial charge on any atom is -0.488 e. The van der Waals surface area contributed by atoms with E-state index in [1.165, 1.54) is 24.8 Å². The molecule has 1 aliphatic heterocycles. The Morgan fingerprint density at radius 2 is 2.00 bits per heavy atom. The maximum absolute atomic E-state index is 13.3. The van der Waals surface area contributed by atoms with Gasteiger partial charge in [0, 0.05) is 36.9 Å². The van der Waals surface area contributed by atoms with Crippen molar-refractivity contribution in [3.8, 4) is 28.8 Å². The summed E-state index contributed by atoms with van der Waals surface area (Å²) in [5.74, 6) is -0.894. The zero-order chi connectivity index (χ0) is 24.8. The molecule has 0 radical (unpaired) electrons. The minimum atomic E-state index is -4.39. The summed E-state index contributed by atoms with van der Waals surface area (Å²) in [6.45, 7) is 2.58. The first kappa shape index (κ1) is 24.3. The maximum Gasteiger partial charge on any atom is 0.393 e. The quantitative estimate of drug-likeness (QED) is 0.521. The largest absolute Gasteiger partial charge is 0.488 e. The Balaban J connectivity index is 1.46. The molecule has 0 unspecified atom stereocenters. The smallest absolute Gasteiger partial charge is 0.393 e. The number of piperidine rings is 1. The number of halogens is 3. The Kier molecular flexibility index (Phi) is 7.39. The van der Waals surface area contributed by atoms with Gasteiger partial charge in [0.15, 0.2) is 11.6 Å². The van der Waals surface area contributed by atoms with Gasteiger partial charge in [0.2, 0.25) is 0 Å². The summed E-state index contributed by atoms with van der Waals surface area (Å²) in [7, 11) is 0. The minimum absolute atomic E-state index is 0.0363. The molecule has 1 amide bonds. The van der Waals surface area contributed by atoms with Crippen molar-refractivity contribution in [1.82, 2.24) is 30.6 Å². The molecule has 4 heterocycles. The van der Waals surface area contributed by atoms with E-state index >= 15 is 0 Å². The molecule has 0 saturated carbocycles. The van der Waals surface area contributed by atoms with E-state index in [1.54, 1.807) is 24.4 Å². The van der Waals surface area contributed by atoms with Gasteiger partial charge in [-0.15, -0.1) is 0 Å². The SMILES string of the molecule is CCOc1cccnc1Oc1cncc(-c2ncc(C(=O)N[C@H]3CNCC[C@H]3C(F)(F)F)cn2)c1. The number of hydrogen-bond acceptors (Lipinski definition) is 8. The lowest BCUT2D eigenvalue weighted by atomic mass is 9.92. The number of alkyl halides is 3. The van der Waals surface area contributed by atoms with Crippen molar-refractivity contribution in [3.05, 3.63) is 54.7 Å². The van der Waals surface area contributed by atoms with E-state index in [0.717, 1.165) is 0 Å². The molecule has 3 aromatic rings. The summed E-state index contributed by atoms with van der Waals surface area (Å²) in [5.41, 5.74) is 0.562. The van der Waals surface area contributed by atoms with E-state index < -0.39 is 24.0 Å². The lowest BCUT2D eigenvalue weighted by Gasteiger charge is -2.33. The number of aromatic nitrogens is 4. The molecule has 1 aliphatic rings. The van der Waals surface area contributed by atoms with Crippen LogP contribution in [0.1, 0.15) is 23.7 Å². The van der Waals surface area contributed by atoms with Gasteiger partial charge in [0.05, 0.1) is 30.3 Å². The molecule has 1 saturated heterocycles. The number of nitrogens with one attached hydrogen (secondary N) is 2. The summed E-state index contributed by atoms with van der Waals surface area (Å²) < 4.78 is 51.1. The molecule has 1 fully saturated rings. The van der Waals surface area contributed by atoms with Gasteiger partial charge < -0.3 is 20.1 Å². The molecule has 4 rings (SSSR count). The van der Waals surface area contributed by atoms with Crippen molar-refractivity contribution in [3.63, 3.8) is 0 Å². The van der Waals surface area contributed by atoms with Gasteiger partial charge in [-0.2, -0.15) is 13.2 Å². The van der Waals surface area contributed by atoms with Crippen LogP contribution in [0.5, 0.6) is 17.4 Å². The Hall–Kier alpha value is -3.80. The van der Waals surface area contributed by atoms with Gasteiger partial charge in [-0.05, 0) is 38.1 Å². The highest BCUT2D eigenvalue weighted by molar-refractivity contribution is 5.94. The fraction of sp³-hybridized carbons (Fsp3) is 0.348. The number of carbonyl (C=O) groups is 1. The second-order valence-electron chi connectivity index (χ2n) is 7.77. The van der Waals surface area contributed by atoms with E-state index in [2.05, 4.69) is 30.6 Å². The Bertz CT molecular complexity index is 1160. The summed E-state index contributed by atoms with van der Waals surface area (Å²) >= 11 is 0. The topological polar surface area (TPSA) is 111 Å². The monoisotopic (exact) mass is 488 g/mol. The second-order valence-corrected chi connectivity index (χ2v) is 7.77. The molecule has 2 atom stereocenters. The highest BCUT2D eigenvalue weighted by atomic mass is 19.4. The summed E-state index contributed by atoms with van der Waals surface area (Å²) in [6, 6.07) is 4.04. The van der Waals surface area contributed by atoms with Crippen molar-refractivity contribution in [2.24, 2.45) is 5.92 Å². The van der Waals surface area contributed by atoms with Crippen LogP contribution in [0, 0.1) is 5.92 Å². The van der Waals surface area contributed by atoms with Gasteiger partial charge in [0.1, 0.15) is 5.75 Å². The van der Waals surface area contributed by atoms with Gasteiger partial charge in [-0.1, -0.05) is 0 Å². The molecule has 12 heteroatoms. The van der Waals surface area contributed by atoms with E-state index in [1.807, 2.05) is 6.92 Å². The van der Waals surface area contributed by atoms with Crippen LogP contribution < -0.4 is 20.1 Å². The predicted octanol–water partition coefficient (Wildman–Crippen LogP) is 3.39. The summed E-state index contributed by atoms with van der Waals surface area (Å²) in [5, 5.41) is 5.33. The Labute approximate surface area is 199 Å². The first-order chi connectivity index (χ1) is 16.8. The molecule has 9 nitrogen and oxygen atoms in total. The zero-order valence-corrected chi connectivity index (χ0v) is 18.7. The maximum atomic E-state index is 13.3. The van der Waals surface area contributed by atoms with Crippen LogP contribution in [-0.2, 0) is 0 Å². The number of rotatable bonds is 7. The van der Waals surface area contributed by atoms with Crippen LogP contribution >= 0.6 is 0 Å². The second kappa shape index (κ2) is 10.6. The van der Waals surface area contributed by atoms with E-state index in [-0.39, 0.29) is 36.8 Å². The summed E-state index contributed by atoms with van der Waals surface area (Å²) in [4.78, 5) is 29.2. The van der Waals surface area contributed by atoms with Gasteiger partial charge in [-0.3, -0.25) is 9.78 Å². The van der Waals surface area contributed by atoms with Crippen LogP contribution in [0.15, 0.2) is 49.2 Å². The number of pyridine rings is 2. The average Bonchev–Trinajstić information content (AvgIpc) is 2.85. The number of nitrogens with zero attached hydrogens (tertiary/aromatic N) is 4. The van der Waals surface area contributed by atoms with E-state index in [4.69, 9.17) is 9.47 Å². The van der Waals surface area contributed by atoms with Crippen molar-refractivity contribution < 1.29 is 27.4 Å². The first-order valence-corrected chi connectivity index (χ1v) is 11.0. The highest BCUT2D eigenvalue weighted by Gasteiger charge is 2.46. The number of carbonyl (C=O) groups excluding carboxylic acids is 1. The molecular weight excluding hydrogens is 465 g/mol. The third-order valence-electron chi connectivity index (χ3n) is 5.35. The van der Waals surface area contributed by atoms with E-state index in [9.17, 15) is 18.0 Å². The molecule has 0 spiro atoms. The standard InChI is InChI=1S/C23H23F3N6O3/c1-2-34-19-4-3-6-29-22(19)35-16-8-14(9-28-12-16)20-30-10-15(11-31-20)21(33)32-18-13-27-7-5-17(18)23(24,25)26/h3-4,6,8-12,17-18,27H,2,5,7,13H2,1H3,(H,32,33)/t17-,18+/m1/s1. The first-order valence-electron chi connectivity index (χ1n) is 11.0. The highest BCUT2D eigenvalue weighted by Crippen LogP contribution is 2.33. The van der Waals surface area contributed by atoms with E-state index in [0.29, 0.717) is 23.7 Å². The fourth-order valence-electron chi connectivity index (χ4n) is 3.67. The molecule has 3 aromatic heterocycles. The molecule has 0 aromatic carbocycles. The van der Waals surface area contributed by atoms with Crippen LogP contribution in [0.2, 0.25) is 0 Å². The molecule has 35 heavy (non-hydrogen) atoms. The normalized spacial score (nSPS) is 18.1. The van der Waals surface area contributed by atoms with Crippen LogP contribution in [0.25, 0.3) is 11.4 Å².